The normalized spacial score (nSPS) is 30.0. The lowest BCUT2D eigenvalue weighted by Crippen LogP contribution is -2.49. The van der Waals surface area contributed by atoms with Gasteiger partial charge in [0.1, 0.15) is 12.4 Å². The van der Waals surface area contributed by atoms with Gasteiger partial charge in [0.05, 0.1) is 30.8 Å². The van der Waals surface area contributed by atoms with Crippen LogP contribution in [0.1, 0.15) is 66.9 Å². The Morgan fingerprint density at radius 1 is 1.18 bits per heavy atom. The molecule has 2 bridgehead atoms. The summed E-state index contributed by atoms with van der Waals surface area (Å²) in [6, 6.07) is 11.3. The van der Waals surface area contributed by atoms with E-state index in [2.05, 4.69) is 21.8 Å². The monoisotopic (exact) mass is 656 g/mol. The van der Waals surface area contributed by atoms with Gasteiger partial charge in [-0.15, -0.1) is 0 Å². The fraction of sp³-hybridized carbons (Fsp3) is 0.529. The molecule has 9 nitrogen and oxygen atoms in total. The van der Waals surface area contributed by atoms with Crippen LogP contribution in [0.15, 0.2) is 48.6 Å². The van der Waals surface area contributed by atoms with E-state index in [1.54, 1.807) is 25.1 Å². The maximum Gasteiger partial charge on any atom is 0.331 e. The topological polar surface area (TPSA) is 111 Å². The van der Waals surface area contributed by atoms with Crippen LogP contribution in [0, 0.1) is 11.8 Å². The number of methoxy groups -OCH3 is 1. The van der Waals surface area contributed by atoms with Gasteiger partial charge in [-0.25, -0.2) is 17.9 Å². The summed E-state index contributed by atoms with van der Waals surface area (Å²) in [6.45, 7) is 3.28. The van der Waals surface area contributed by atoms with Crippen molar-refractivity contribution in [3.05, 3.63) is 70.3 Å². The number of allylic oxidation sites excluding steroid dienone is 1. The van der Waals surface area contributed by atoms with Gasteiger partial charge in [0, 0.05) is 29.1 Å². The minimum atomic E-state index is -3.92. The Bertz CT molecular complexity index is 1590. The van der Waals surface area contributed by atoms with Gasteiger partial charge < -0.3 is 19.1 Å². The quantitative estimate of drug-likeness (QED) is 0.355. The van der Waals surface area contributed by atoms with Crippen LogP contribution in [0.3, 0.4) is 0 Å². The predicted molar refractivity (Wildman–Crippen MR) is 172 cm³/mol. The first-order valence-corrected chi connectivity index (χ1v) is 17.7. The van der Waals surface area contributed by atoms with E-state index < -0.39 is 27.1 Å². The summed E-state index contributed by atoms with van der Waals surface area (Å²) in [5.74, 6) is -0.00509. The lowest BCUT2D eigenvalue weighted by Gasteiger charge is -2.46. The highest BCUT2D eigenvalue weighted by Gasteiger charge is 2.44. The Labute approximate surface area is 270 Å². The third kappa shape index (κ3) is 6.60. The number of esters is 1. The number of hydrogen-bond donors (Lipinski definition) is 1. The van der Waals surface area contributed by atoms with E-state index in [0.29, 0.717) is 38.3 Å². The SMILES string of the molecule is COC(=O)CO[C@H]1/C=C\CC[C@@H](C)S(=O)(=O)NC(=O)c2ccc3c(c2)N(C[C@@H]2CC[C@H]21)C[C@@]1(CCCc2cc(Cl)ccc21)CO3. The van der Waals surface area contributed by atoms with Crippen LogP contribution in [0.5, 0.6) is 5.75 Å². The lowest BCUT2D eigenvalue weighted by atomic mass is 9.68. The molecule has 0 aromatic heterocycles. The average molecular weight is 657 g/mol. The number of halogens is 1. The number of sulfonamides is 1. The van der Waals surface area contributed by atoms with Crippen LogP contribution in [0.25, 0.3) is 0 Å². The summed E-state index contributed by atoms with van der Waals surface area (Å²) < 4.78 is 46.0. The average Bonchev–Trinajstić information content (AvgIpc) is 3.15. The predicted octanol–water partition coefficient (Wildman–Crippen LogP) is 5.20. The Balaban J connectivity index is 1.40. The number of rotatable bonds is 3. The molecular weight excluding hydrogens is 616 g/mol. The molecule has 2 aromatic rings. The van der Waals surface area contributed by atoms with Crippen LogP contribution in [0.4, 0.5) is 5.69 Å². The fourth-order valence-corrected chi connectivity index (χ4v) is 8.56. The lowest BCUT2D eigenvalue weighted by molar-refractivity contribution is -0.149. The van der Waals surface area contributed by atoms with Crippen molar-refractivity contribution in [2.45, 2.75) is 68.6 Å². The molecular formula is C34H41ClN2O7S. The summed E-state index contributed by atoms with van der Waals surface area (Å²) in [5.41, 5.74) is 3.22. The van der Waals surface area contributed by atoms with Gasteiger partial charge in [-0.05, 0) is 105 Å². The molecule has 242 valence electrons. The number of fused-ring (bicyclic) bond motifs is 4. The number of nitrogens with one attached hydrogen (secondary N) is 1. The maximum atomic E-state index is 13.3. The van der Waals surface area contributed by atoms with E-state index >= 15 is 0 Å². The van der Waals surface area contributed by atoms with Crippen LogP contribution in [0.2, 0.25) is 5.02 Å². The van der Waals surface area contributed by atoms with Crippen molar-refractivity contribution >= 4 is 39.2 Å². The standard InChI is InChI=1S/C34H41ClN2O7S/c1-22-6-3-4-8-30(43-19-32(38)42-2)27-12-9-25(27)18-37-20-34(15-5-7-23-16-26(35)11-13-28(23)34)21-44-31-14-10-24(17-29(31)37)33(39)36-45(22,40)41/h4,8,10-11,13-14,16-17,22,25,27,30H,3,5-7,9,12,15,18-21H2,1-2H3,(H,36,39)/b8-4-/t22-,25+,27-,30+,34+/m1/s1. The zero-order valence-corrected chi connectivity index (χ0v) is 27.4. The first kappa shape index (κ1) is 31.9. The summed E-state index contributed by atoms with van der Waals surface area (Å²) in [4.78, 5) is 27.7. The van der Waals surface area contributed by atoms with E-state index in [4.69, 9.17) is 25.8 Å². The number of amides is 1. The Morgan fingerprint density at radius 2 is 2.02 bits per heavy atom. The molecule has 1 spiro atoms. The van der Waals surface area contributed by atoms with Crippen molar-refractivity contribution in [3.8, 4) is 5.75 Å². The molecule has 0 saturated heterocycles. The number of carbonyl (C=O) groups is 2. The Hall–Kier alpha value is -3.08. The molecule has 4 aliphatic rings. The van der Waals surface area contributed by atoms with Crippen LogP contribution in [-0.4, -0.2) is 65.1 Å². The van der Waals surface area contributed by atoms with Gasteiger partial charge in [-0.2, -0.15) is 0 Å². The van der Waals surface area contributed by atoms with E-state index in [9.17, 15) is 18.0 Å². The molecule has 0 radical (unpaired) electrons. The highest BCUT2D eigenvalue weighted by atomic mass is 35.5. The number of benzene rings is 2. The summed E-state index contributed by atoms with van der Waals surface area (Å²) in [6.07, 6.45) is 9.23. The second-order valence-corrected chi connectivity index (χ2v) is 15.5. The smallest absolute Gasteiger partial charge is 0.331 e. The highest BCUT2D eigenvalue weighted by molar-refractivity contribution is 7.90. The fourth-order valence-electron chi connectivity index (χ4n) is 7.34. The van der Waals surface area contributed by atoms with Gasteiger partial charge in [0.2, 0.25) is 10.0 Å². The zero-order chi connectivity index (χ0) is 31.8. The van der Waals surface area contributed by atoms with Gasteiger partial charge in [-0.3, -0.25) is 4.79 Å². The number of anilines is 1. The molecule has 0 unspecified atom stereocenters. The van der Waals surface area contributed by atoms with Crippen molar-refractivity contribution in [2.75, 3.05) is 38.3 Å². The molecule has 1 saturated carbocycles. The minimum Gasteiger partial charge on any atom is -0.490 e. The van der Waals surface area contributed by atoms with Crippen molar-refractivity contribution in [2.24, 2.45) is 11.8 Å². The maximum absolute atomic E-state index is 13.3. The first-order valence-electron chi connectivity index (χ1n) is 15.8. The summed E-state index contributed by atoms with van der Waals surface area (Å²) in [7, 11) is -2.58. The number of hydrogen-bond acceptors (Lipinski definition) is 8. The number of nitrogens with zero attached hydrogens (tertiary/aromatic N) is 1. The molecule has 1 N–H and O–H groups in total. The molecule has 2 heterocycles. The number of aryl methyl sites for hydroxylation is 1. The number of ether oxygens (including phenoxy) is 3. The molecule has 11 heteroatoms. The van der Waals surface area contributed by atoms with E-state index in [-0.39, 0.29) is 35.5 Å². The van der Waals surface area contributed by atoms with E-state index in [1.807, 2.05) is 18.2 Å². The molecule has 45 heavy (non-hydrogen) atoms. The van der Waals surface area contributed by atoms with Crippen LogP contribution in [-0.2, 0) is 36.1 Å². The molecule has 2 aromatic carbocycles. The highest BCUT2D eigenvalue weighted by Crippen LogP contribution is 2.47. The molecule has 2 aliphatic heterocycles. The third-order valence-electron chi connectivity index (χ3n) is 10.1. The van der Waals surface area contributed by atoms with Crippen molar-refractivity contribution in [1.82, 2.24) is 4.72 Å². The zero-order valence-electron chi connectivity index (χ0n) is 25.8. The van der Waals surface area contributed by atoms with Gasteiger partial charge in [-0.1, -0.05) is 29.8 Å². The van der Waals surface area contributed by atoms with Gasteiger partial charge >= 0.3 is 5.97 Å². The third-order valence-corrected chi connectivity index (χ3v) is 12.1. The second kappa shape index (κ2) is 13.0. The second-order valence-electron chi connectivity index (χ2n) is 12.9. The Kier molecular flexibility index (Phi) is 9.19. The molecule has 1 fully saturated rings. The van der Waals surface area contributed by atoms with E-state index in [0.717, 1.165) is 42.8 Å². The van der Waals surface area contributed by atoms with Gasteiger partial charge in [0.15, 0.2) is 0 Å². The number of carbonyl (C=O) groups excluding carboxylic acids is 2. The van der Waals surface area contributed by atoms with Gasteiger partial charge in [0.25, 0.3) is 5.91 Å². The minimum absolute atomic E-state index is 0.155. The summed E-state index contributed by atoms with van der Waals surface area (Å²) in [5, 5.41) is -0.0674. The molecule has 1 amide bonds. The van der Waals surface area contributed by atoms with Crippen LogP contribution >= 0.6 is 11.6 Å². The molecule has 6 rings (SSSR count). The molecule has 5 atom stereocenters. The largest absolute Gasteiger partial charge is 0.490 e. The molecule has 2 aliphatic carbocycles. The van der Waals surface area contributed by atoms with E-state index in [1.165, 1.54) is 18.2 Å². The van der Waals surface area contributed by atoms with Crippen molar-refractivity contribution in [1.29, 1.82) is 0 Å². The summed E-state index contributed by atoms with van der Waals surface area (Å²) >= 11 is 6.41. The van der Waals surface area contributed by atoms with Crippen molar-refractivity contribution < 1.29 is 32.2 Å². The van der Waals surface area contributed by atoms with Crippen molar-refractivity contribution in [3.63, 3.8) is 0 Å². The van der Waals surface area contributed by atoms with Crippen LogP contribution < -0.4 is 14.4 Å². The Morgan fingerprint density at radius 3 is 2.80 bits per heavy atom. The first-order chi connectivity index (χ1) is 21.6.